The molecule has 1 aliphatic heterocycles. The number of carbonyl (C=O) groups is 1. The Bertz CT molecular complexity index is 895. The van der Waals surface area contributed by atoms with Crippen molar-refractivity contribution >= 4 is 28.7 Å². The molecular formula is C25H36N4O3. The first kappa shape index (κ1) is 23.9. The molecule has 1 heterocycles. The van der Waals surface area contributed by atoms with Crippen molar-refractivity contribution in [2.24, 2.45) is 5.92 Å². The molecule has 0 amide bonds. The first-order valence-electron chi connectivity index (χ1n) is 11.4. The number of nitrogens with one attached hydrogen (secondary N) is 1. The summed E-state index contributed by atoms with van der Waals surface area (Å²) in [5.74, 6) is -0.0580. The van der Waals surface area contributed by atoms with Crippen LogP contribution in [0.25, 0.3) is 0 Å². The molecule has 1 saturated heterocycles. The molecule has 3 N–H and O–H groups in total. The van der Waals surface area contributed by atoms with Gasteiger partial charge in [-0.25, -0.2) is 4.79 Å². The molecule has 0 saturated carbocycles. The van der Waals surface area contributed by atoms with E-state index in [4.69, 9.17) is 15.2 Å². The van der Waals surface area contributed by atoms with E-state index in [-0.39, 0.29) is 12.2 Å². The largest absolute Gasteiger partial charge is 0.462 e. The van der Waals surface area contributed by atoms with Gasteiger partial charge in [-0.15, -0.1) is 0 Å². The lowest BCUT2D eigenvalue weighted by Gasteiger charge is -2.38. The van der Waals surface area contributed by atoms with Gasteiger partial charge >= 0.3 is 5.97 Å². The summed E-state index contributed by atoms with van der Waals surface area (Å²) in [4.78, 5) is 16.9. The van der Waals surface area contributed by atoms with Crippen LogP contribution in [0.4, 0.5) is 22.7 Å². The van der Waals surface area contributed by atoms with Crippen molar-refractivity contribution in [2.45, 2.75) is 33.9 Å². The zero-order chi connectivity index (χ0) is 23.1. The van der Waals surface area contributed by atoms with E-state index < -0.39 is 0 Å². The Kier molecular flexibility index (Phi) is 8.36. The van der Waals surface area contributed by atoms with Crippen molar-refractivity contribution in [1.82, 2.24) is 4.90 Å². The number of anilines is 4. The monoisotopic (exact) mass is 440 g/mol. The fraction of sp³-hybridized carbons (Fsp3) is 0.480. The number of nitrogen functional groups attached to an aromatic ring is 1. The summed E-state index contributed by atoms with van der Waals surface area (Å²) in [6, 6.07) is 13.5. The second-order valence-corrected chi connectivity index (χ2v) is 8.55. The lowest BCUT2D eigenvalue weighted by Crippen LogP contribution is -2.50. The molecule has 0 aromatic heterocycles. The SMILES string of the molecule is CCOC(C)N1CCN(c2cccc(Nc3ccc(C(=O)OCC(C)C)cc3N)c2)CC1. The van der Waals surface area contributed by atoms with Crippen molar-refractivity contribution in [3.63, 3.8) is 0 Å². The maximum Gasteiger partial charge on any atom is 0.338 e. The minimum absolute atomic E-state index is 0.156. The van der Waals surface area contributed by atoms with Gasteiger partial charge in [0.15, 0.2) is 0 Å². The molecule has 0 radical (unpaired) electrons. The maximum atomic E-state index is 12.2. The van der Waals surface area contributed by atoms with Crippen LogP contribution >= 0.6 is 0 Å². The standard InChI is InChI=1S/C25H36N4O3/c1-5-31-19(4)28-11-13-29(14-12-28)22-8-6-7-21(16-22)27-24-10-9-20(15-23(24)26)25(30)32-17-18(2)3/h6-10,15-16,18-19,27H,5,11-14,17,26H2,1-4H3. The van der Waals surface area contributed by atoms with Gasteiger partial charge in [-0.3, -0.25) is 4.90 Å². The molecule has 1 unspecified atom stereocenters. The average molecular weight is 441 g/mol. The van der Waals surface area contributed by atoms with Crippen LogP contribution in [-0.2, 0) is 9.47 Å². The van der Waals surface area contributed by atoms with Gasteiger partial charge < -0.3 is 25.4 Å². The van der Waals surface area contributed by atoms with Crippen molar-refractivity contribution in [2.75, 3.05) is 55.3 Å². The summed E-state index contributed by atoms with van der Waals surface area (Å²) in [5, 5.41) is 3.38. The van der Waals surface area contributed by atoms with Gasteiger partial charge in [0.05, 0.1) is 23.5 Å². The summed E-state index contributed by atoms with van der Waals surface area (Å²) in [5.41, 5.74) is 10.1. The Labute approximate surface area is 191 Å². The highest BCUT2D eigenvalue weighted by Crippen LogP contribution is 2.28. The van der Waals surface area contributed by atoms with Gasteiger partial charge in [0, 0.05) is 44.2 Å². The summed E-state index contributed by atoms with van der Waals surface area (Å²) in [7, 11) is 0. The lowest BCUT2D eigenvalue weighted by molar-refractivity contribution is -0.0440. The highest BCUT2D eigenvalue weighted by atomic mass is 16.5. The average Bonchev–Trinajstić information content (AvgIpc) is 2.79. The smallest absolute Gasteiger partial charge is 0.338 e. The molecule has 0 spiro atoms. The second kappa shape index (κ2) is 11.2. The number of nitrogens with zero attached hydrogens (tertiary/aromatic N) is 2. The molecule has 174 valence electrons. The van der Waals surface area contributed by atoms with Crippen molar-refractivity contribution in [3.05, 3.63) is 48.0 Å². The molecular weight excluding hydrogens is 404 g/mol. The molecule has 7 nitrogen and oxygen atoms in total. The third kappa shape index (κ3) is 6.37. The zero-order valence-electron chi connectivity index (χ0n) is 19.6. The van der Waals surface area contributed by atoms with Crippen LogP contribution in [0.15, 0.2) is 42.5 Å². The first-order valence-corrected chi connectivity index (χ1v) is 11.4. The second-order valence-electron chi connectivity index (χ2n) is 8.55. The molecule has 0 aliphatic carbocycles. The molecule has 3 rings (SSSR count). The lowest BCUT2D eigenvalue weighted by atomic mass is 10.1. The number of rotatable bonds is 9. The van der Waals surface area contributed by atoms with Crippen molar-refractivity contribution < 1.29 is 14.3 Å². The molecule has 7 heteroatoms. The third-order valence-corrected chi connectivity index (χ3v) is 5.56. The van der Waals surface area contributed by atoms with E-state index in [1.807, 2.05) is 39.0 Å². The van der Waals surface area contributed by atoms with Crippen LogP contribution in [0.3, 0.4) is 0 Å². The van der Waals surface area contributed by atoms with Crippen molar-refractivity contribution in [3.8, 4) is 0 Å². The number of carbonyl (C=O) groups excluding carboxylic acids is 1. The molecule has 1 fully saturated rings. The van der Waals surface area contributed by atoms with E-state index in [1.165, 1.54) is 5.69 Å². The number of ether oxygens (including phenoxy) is 2. The Hall–Kier alpha value is -2.77. The Morgan fingerprint density at radius 2 is 1.84 bits per heavy atom. The van der Waals surface area contributed by atoms with E-state index in [0.29, 0.717) is 23.8 Å². The van der Waals surface area contributed by atoms with Crippen LogP contribution in [0, 0.1) is 5.92 Å². The van der Waals surface area contributed by atoms with E-state index in [9.17, 15) is 4.79 Å². The fourth-order valence-electron chi connectivity index (χ4n) is 3.76. The zero-order valence-corrected chi connectivity index (χ0v) is 19.6. The molecule has 0 bridgehead atoms. The van der Waals surface area contributed by atoms with Crippen LogP contribution < -0.4 is 16.0 Å². The van der Waals surface area contributed by atoms with E-state index in [0.717, 1.165) is 44.2 Å². The predicted molar refractivity (Wildman–Crippen MR) is 131 cm³/mol. The van der Waals surface area contributed by atoms with Crippen LogP contribution in [0.5, 0.6) is 0 Å². The van der Waals surface area contributed by atoms with Gasteiger partial charge in [0.25, 0.3) is 0 Å². The summed E-state index contributed by atoms with van der Waals surface area (Å²) >= 11 is 0. The number of benzene rings is 2. The van der Waals surface area contributed by atoms with Crippen LogP contribution in [0.1, 0.15) is 38.1 Å². The van der Waals surface area contributed by atoms with E-state index in [1.54, 1.807) is 12.1 Å². The number of esters is 1. The van der Waals surface area contributed by atoms with Gasteiger partial charge in [-0.2, -0.15) is 0 Å². The van der Waals surface area contributed by atoms with Gasteiger partial charge in [-0.05, 0) is 56.2 Å². The number of piperazine rings is 1. The normalized spacial score (nSPS) is 15.6. The first-order chi connectivity index (χ1) is 15.4. The van der Waals surface area contributed by atoms with Gasteiger partial charge in [0.2, 0.25) is 0 Å². The minimum Gasteiger partial charge on any atom is -0.462 e. The molecule has 2 aromatic rings. The number of hydrogen-bond acceptors (Lipinski definition) is 7. The van der Waals surface area contributed by atoms with Gasteiger partial charge in [-0.1, -0.05) is 19.9 Å². The van der Waals surface area contributed by atoms with E-state index >= 15 is 0 Å². The highest BCUT2D eigenvalue weighted by molar-refractivity contribution is 5.92. The summed E-state index contributed by atoms with van der Waals surface area (Å²) < 4.78 is 11.0. The van der Waals surface area contributed by atoms with E-state index in [2.05, 4.69) is 34.2 Å². The Morgan fingerprint density at radius 1 is 1.09 bits per heavy atom. The molecule has 32 heavy (non-hydrogen) atoms. The maximum absolute atomic E-state index is 12.2. The number of hydrogen-bond donors (Lipinski definition) is 2. The Balaban J connectivity index is 1.62. The Morgan fingerprint density at radius 3 is 2.50 bits per heavy atom. The molecule has 2 aromatic carbocycles. The topological polar surface area (TPSA) is 80.1 Å². The molecule has 1 atom stereocenters. The minimum atomic E-state index is -0.350. The highest BCUT2D eigenvalue weighted by Gasteiger charge is 2.21. The summed E-state index contributed by atoms with van der Waals surface area (Å²) in [6.45, 7) is 13.1. The number of nitrogens with two attached hydrogens (primary N) is 1. The summed E-state index contributed by atoms with van der Waals surface area (Å²) in [6.07, 6.45) is 0.156. The van der Waals surface area contributed by atoms with Gasteiger partial charge in [0.1, 0.15) is 6.23 Å². The van der Waals surface area contributed by atoms with Crippen LogP contribution in [-0.4, -0.2) is 56.5 Å². The predicted octanol–water partition coefficient (Wildman–Crippen LogP) is 4.33. The fourth-order valence-corrected chi connectivity index (χ4v) is 3.76. The van der Waals surface area contributed by atoms with Crippen LogP contribution in [0.2, 0.25) is 0 Å². The quantitative estimate of drug-likeness (QED) is 0.444. The van der Waals surface area contributed by atoms with Crippen molar-refractivity contribution in [1.29, 1.82) is 0 Å². The third-order valence-electron chi connectivity index (χ3n) is 5.56. The molecule has 1 aliphatic rings.